The van der Waals surface area contributed by atoms with Crippen LogP contribution in [-0.2, 0) is 4.79 Å². The minimum Gasteiger partial charge on any atom is -0.483 e. The summed E-state index contributed by atoms with van der Waals surface area (Å²) in [7, 11) is 0. The maximum Gasteiger partial charge on any atom is 0.277 e. The lowest BCUT2D eigenvalue weighted by Crippen LogP contribution is -2.28. The number of rotatable bonds is 4. The molecule has 0 saturated heterocycles. The summed E-state index contributed by atoms with van der Waals surface area (Å²) >= 11 is 0. The van der Waals surface area contributed by atoms with Gasteiger partial charge >= 0.3 is 0 Å². The Morgan fingerprint density at radius 3 is 2.95 bits per heavy atom. The predicted octanol–water partition coefficient (Wildman–Crippen LogP) is 3.06. The van der Waals surface area contributed by atoms with Crippen LogP contribution in [0.25, 0.3) is 0 Å². The highest BCUT2D eigenvalue weighted by Gasteiger charge is 2.16. The van der Waals surface area contributed by atoms with Crippen molar-refractivity contribution >= 4 is 11.6 Å². The van der Waals surface area contributed by atoms with E-state index in [9.17, 15) is 4.79 Å². The van der Waals surface area contributed by atoms with Gasteiger partial charge in [-0.1, -0.05) is 31.5 Å². The number of benzene rings is 1. The number of nitrogens with zero attached hydrogens (tertiary/aromatic N) is 1. The van der Waals surface area contributed by atoms with E-state index in [0.717, 1.165) is 29.9 Å². The number of nitrogens with one attached hydrogen (secondary N) is 1. The van der Waals surface area contributed by atoms with Crippen molar-refractivity contribution in [3.05, 3.63) is 29.8 Å². The molecule has 0 heterocycles. The number of carbonyl (C=O) groups excluding carboxylic acids is 1. The summed E-state index contributed by atoms with van der Waals surface area (Å²) in [5.41, 5.74) is 4.72. The highest BCUT2D eigenvalue weighted by atomic mass is 16.5. The van der Waals surface area contributed by atoms with Crippen LogP contribution in [-0.4, -0.2) is 18.2 Å². The zero-order chi connectivity index (χ0) is 14.4. The normalized spacial score (nSPS) is 20.7. The van der Waals surface area contributed by atoms with E-state index in [1.165, 1.54) is 12.8 Å². The summed E-state index contributed by atoms with van der Waals surface area (Å²) in [6.07, 6.45) is 4.57. The predicted molar refractivity (Wildman–Crippen MR) is 79.9 cm³/mol. The third kappa shape index (κ3) is 4.08. The van der Waals surface area contributed by atoms with Gasteiger partial charge in [-0.3, -0.25) is 4.79 Å². The van der Waals surface area contributed by atoms with Crippen LogP contribution >= 0.6 is 0 Å². The van der Waals surface area contributed by atoms with Crippen LogP contribution in [0, 0.1) is 12.8 Å². The number of amides is 1. The minimum atomic E-state index is -0.210. The Hall–Kier alpha value is -1.84. The van der Waals surface area contributed by atoms with E-state index in [0.29, 0.717) is 5.92 Å². The average molecular weight is 274 g/mol. The van der Waals surface area contributed by atoms with Crippen molar-refractivity contribution in [3.63, 3.8) is 0 Å². The summed E-state index contributed by atoms with van der Waals surface area (Å²) < 4.78 is 5.48. The second-order valence-corrected chi connectivity index (χ2v) is 5.34. The number of carbonyl (C=O) groups is 1. The smallest absolute Gasteiger partial charge is 0.277 e. The zero-order valence-corrected chi connectivity index (χ0v) is 12.2. The maximum absolute atomic E-state index is 11.7. The summed E-state index contributed by atoms with van der Waals surface area (Å²) in [5, 5.41) is 4.24. The van der Waals surface area contributed by atoms with Gasteiger partial charge in [0.05, 0.1) is 0 Å². The standard InChI is InChI=1S/C16H22N2O2/c1-12-7-3-5-9-14(12)17-18-16(19)11-20-15-10-6-4-8-13(15)2/h4,6,8,10,12H,3,5,7,9,11H2,1-2H3,(H,18,19)/b17-14+/t12-/m1/s1. The van der Waals surface area contributed by atoms with E-state index in [2.05, 4.69) is 17.5 Å². The molecule has 1 saturated carbocycles. The zero-order valence-electron chi connectivity index (χ0n) is 12.2. The first-order chi connectivity index (χ1) is 9.66. The SMILES string of the molecule is Cc1ccccc1OCC(=O)N/N=C1\CCCC[C@H]1C. The van der Waals surface area contributed by atoms with Crippen molar-refractivity contribution in [2.45, 2.75) is 39.5 Å². The number of hydrazone groups is 1. The van der Waals surface area contributed by atoms with Crippen molar-refractivity contribution < 1.29 is 9.53 Å². The van der Waals surface area contributed by atoms with Gasteiger partial charge in [0.2, 0.25) is 0 Å². The number of ether oxygens (including phenoxy) is 1. The molecule has 0 bridgehead atoms. The molecule has 0 radical (unpaired) electrons. The van der Waals surface area contributed by atoms with Gasteiger partial charge in [-0.15, -0.1) is 0 Å². The molecule has 20 heavy (non-hydrogen) atoms. The van der Waals surface area contributed by atoms with Crippen LogP contribution in [0.3, 0.4) is 0 Å². The quantitative estimate of drug-likeness (QED) is 0.858. The molecule has 1 N–H and O–H groups in total. The molecule has 0 aromatic heterocycles. The van der Waals surface area contributed by atoms with Crippen molar-refractivity contribution in [3.8, 4) is 5.75 Å². The summed E-state index contributed by atoms with van der Waals surface area (Å²) in [6, 6.07) is 7.65. The van der Waals surface area contributed by atoms with Gasteiger partial charge in [-0.25, -0.2) is 5.43 Å². The summed E-state index contributed by atoms with van der Waals surface area (Å²) in [5.74, 6) is 1.00. The molecule has 1 aliphatic carbocycles. The minimum absolute atomic E-state index is 0.00395. The molecule has 108 valence electrons. The fourth-order valence-corrected chi connectivity index (χ4v) is 2.36. The van der Waals surface area contributed by atoms with E-state index in [1.54, 1.807) is 0 Å². The van der Waals surface area contributed by atoms with Crippen LogP contribution in [0.2, 0.25) is 0 Å². The number of aryl methyl sites for hydroxylation is 1. The van der Waals surface area contributed by atoms with E-state index < -0.39 is 0 Å². The van der Waals surface area contributed by atoms with Crippen LogP contribution in [0.1, 0.15) is 38.2 Å². The lowest BCUT2D eigenvalue weighted by atomic mass is 9.89. The molecule has 0 unspecified atom stereocenters. The fraction of sp³-hybridized carbons (Fsp3) is 0.500. The Morgan fingerprint density at radius 1 is 1.40 bits per heavy atom. The molecule has 0 aliphatic heterocycles. The molecule has 1 atom stereocenters. The molecule has 0 spiro atoms. The largest absolute Gasteiger partial charge is 0.483 e. The van der Waals surface area contributed by atoms with Gasteiger partial charge in [0.1, 0.15) is 5.75 Å². The van der Waals surface area contributed by atoms with Crippen molar-refractivity contribution in [2.24, 2.45) is 11.0 Å². The van der Waals surface area contributed by atoms with E-state index in [1.807, 2.05) is 31.2 Å². The molecule has 1 aliphatic rings. The third-order valence-electron chi connectivity index (χ3n) is 3.67. The second kappa shape index (κ2) is 7.08. The second-order valence-electron chi connectivity index (χ2n) is 5.34. The van der Waals surface area contributed by atoms with E-state index >= 15 is 0 Å². The van der Waals surface area contributed by atoms with Gasteiger partial charge in [0, 0.05) is 5.71 Å². The Bertz CT molecular complexity index is 497. The molecule has 1 fully saturated rings. The number of hydrogen-bond donors (Lipinski definition) is 1. The third-order valence-corrected chi connectivity index (χ3v) is 3.67. The fourth-order valence-electron chi connectivity index (χ4n) is 2.36. The monoisotopic (exact) mass is 274 g/mol. The number of hydrogen-bond acceptors (Lipinski definition) is 3. The van der Waals surface area contributed by atoms with Gasteiger partial charge in [0.25, 0.3) is 5.91 Å². The molecule has 4 heteroatoms. The van der Waals surface area contributed by atoms with Crippen molar-refractivity contribution in [1.82, 2.24) is 5.43 Å². The van der Waals surface area contributed by atoms with Crippen molar-refractivity contribution in [1.29, 1.82) is 0 Å². The van der Waals surface area contributed by atoms with Gasteiger partial charge in [-0.2, -0.15) is 5.10 Å². The Morgan fingerprint density at radius 2 is 2.20 bits per heavy atom. The van der Waals surface area contributed by atoms with Gasteiger partial charge < -0.3 is 4.74 Å². The maximum atomic E-state index is 11.7. The van der Waals surface area contributed by atoms with E-state index in [-0.39, 0.29) is 12.5 Å². The molecule has 1 aromatic rings. The summed E-state index contributed by atoms with van der Waals surface area (Å²) in [6.45, 7) is 4.11. The van der Waals surface area contributed by atoms with E-state index in [4.69, 9.17) is 4.74 Å². The highest BCUT2D eigenvalue weighted by molar-refractivity contribution is 5.88. The Balaban J connectivity index is 1.81. The number of para-hydroxylation sites is 1. The molecule has 2 rings (SSSR count). The topological polar surface area (TPSA) is 50.7 Å². The lowest BCUT2D eigenvalue weighted by Gasteiger charge is -2.19. The first-order valence-corrected chi connectivity index (χ1v) is 7.20. The van der Waals surface area contributed by atoms with Gasteiger partial charge in [-0.05, 0) is 43.7 Å². The van der Waals surface area contributed by atoms with Crippen LogP contribution < -0.4 is 10.2 Å². The van der Waals surface area contributed by atoms with Crippen LogP contribution in [0.4, 0.5) is 0 Å². The molecule has 1 aromatic carbocycles. The van der Waals surface area contributed by atoms with Crippen LogP contribution in [0.15, 0.2) is 29.4 Å². The molecule has 1 amide bonds. The first kappa shape index (κ1) is 14.6. The molecular weight excluding hydrogens is 252 g/mol. The first-order valence-electron chi connectivity index (χ1n) is 7.20. The van der Waals surface area contributed by atoms with Crippen LogP contribution in [0.5, 0.6) is 5.75 Å². The summed E-state index contributed by atoms with van der Waals surface area (Å²) in [4.78, 5) is 11.7. The Kier molecular flexibility index (Phi) is 5.16. The highest BCUT2D eigenvalue weighted by Crippen LogP contribution is 2.20. The van der Waals surface area contributed by atoms with Gasteiger partial charge in [0.15, 0.2) is 6.61 Å². The molecule has 4 nitrogen and oxygen atoms in total. The molecular formula is C16H22N2O2. The van der Waals surface area contributed by atoms with Crippen molar-refractivity contribution in [2.75, 3.05) is 6.61 Å². The Labute approximate surface area is 120 Å². The lowest BCUT2D eigenvalue weighted by molar-refractivity contribution is -0.123. The average Bonchev–Trinajstić information content (AvgIpc) is 2.45.